The molecule has 0 bridgehead atoms. The molecular formula is C22H27N5O4. The van der Waals surface area contributed by atoms with E-state index in [1.54, 1.807) is 31.3 Å². The van der Waals surface area contributed by atoms with E-state index in [1.807, 2.05) is 13.0 Å². The molecule has 0 saturated carbocycles. The summed E-state index contributed by atoms with van der Waals surface area (Å²) in [5.74, 6) is 0.288. The minimum atomic E-state index is -0.458. The zero-order chi connectivity index (χ0) is 22.4. The number of pyridine rings is 1. The van der Waals surface area contributed by atoms with Crippen molar-refractivity contribution < 1.29 is 14.5 Å². The van der Waals surface area contributed by atoms with Gasteiger partial charge in [0.2, 0.25) is 11.8 Å². The van der Waals surface area contributed by atoms with Crippen molar-refractivity contribution in [3.63, 3.8) is 0 Å². The number of aromatic nitrogens is 1. The van der Waals surface area contributed by atoms with E-state index in [-0.39, 0.29) is 29.8 Å². The van der Waals surface area contributed by atoms with E-state index in [0.717, 1.165) is 31.5 Å². The molecule has 2 amide bonds. The van der Waals surface area contributed by atoms with Crippen LogP contribution in [0, 0.1) is 29.9 Å². The van der Waals surface area contributed by atoms with E-state index in [0.29, 0.717) is 23.6 Å². The first-order valence-corrected chi connectivity index (χ1v) is 10.3. The fraction of sp³-hybridized carbons (Fsp3) is 0.409. The maximum absolute atomic E-state index is 12.5. The normalized spacial score (nSPS) is 14.8. The number of rotatable bonds is 7. The largest absolute Gasteiger partial charge is 0.326 e. The van der Waals surface area contributed by atoms with Crippen LogP contribution in [0.4, 0.5) is 17.2 Å². The van der Waals surface area contributed by atoms with Gasteiger partial charge in [-0.05, 0) is 57.5 Å². The number of aryl methyl sites for hydroxylation is 1. The topological polar surface area (TPSA) is 117 Å². The van der Waals surface area contributed by atoms with Crippen molar-refractivity contribution in [2.24, 2.45) is 5.92 Å². The summed E-state index contributed by atoms with van der Waals surface area (Å²) in [7, 11) is 0. The molecule has 0 spiro atoms. The third kappa shape index (κ3) is 6.08. The van der Waals surface area contributed by atoms with E-state index in [9.17, 15) is 19.7 Å². The van der Waals surface area contributed by atoms with Crippen LogP contribution in [0.25, 0.3) is 0 Å². The highest BCUT2D eigenvalue weighted by molar-refractivity contribution is 5.92. The third-order valence-corrected chi connectivity index (χ3v) is 5.55. The number of hydrogen-bond donors (Lipinski definition) is 2. The van der Waals surface area contributed by atoms with Gasteiger partial charge in [-0.15, -0.1) is 0 Å². The van der Waals surface area contributed by atoms with E-state index in [1.165, 1.54) is 6.07 Å². The van der Waals surface area contributed by atoms with Crippen LogP contribution in [0.15, 0.2) is 36.5 Å². The number of amides is 2. The molecule has 9 heteroatoms. The minimum absolute atomic E-state index is 0.0148. The molecule has 1 aromatic carbocycles. The van der Waals surface area contributed by atoms with Crippen molar-refractivity contribution in [3.8, 4) is 0 Å². The van der Waals surface area contributed by atoms with Crippen LogP contribution in [0.1, 0.15) is 30.4 Å². The number of hydrogen-bond acceptors (Lipinski definition) is 6. The number of benzene rings is 1. The molecule has 9 nitrogen and oxygen atoms in total. The molecule has 2 N–H and O–H groups in total. The fourth-order valence-electron chi connectivity index (χ4n) is 3.62. The standard InChI is InChI=1S/C22H27N5O4/c1-15-6-7-20(23-14-15)25-22(29)17-8-11-26(12-9-17)13-10-21(28)24-18-4-3-5-19(16(18)2)27(30)31/h3-7,14,17H,8-13H2,1-2H3,(H,24,28)(H,23,25,29). The second kappa shape index (κ2) is 10.1. The fourth-order valence-corrected chi connectivity index (χ4v) is 3.62. The van der Waals surface area contributed by atoms with Gasteiger partial charge in [0.15, 0.2) is 0 Å². The summed E-state index contributed by atoms with van der Waals surface area (Å²) >= 11 is 0. The van der Waals surface area contributed by atoms with Gasteiger partial charge in [0.1, 0.15) is 5.82 Å². The third-order valence-electron chi connectivity index (χ3n) is 5.55. The number of nitrogens with zero attached hydrogens (tertiary/aromatic N) is 3. The Morgan fingerprint density at radius 2 is 1.90 bits per heavy atom. The van der Waals surface area contributed by atoms with Crippen molar-refractivity contribution in [2.75, 3.05) is 30.3 Å². The monoisotopic (exact) mass is 425 g/mol. The average molecular weight is 425 g/mol. The molecule has 2 heterocycles. The summed E-state index contributed by atoms with van der Waals surface area (Å²) in [6.45, 7) is 5.62. The Hall–Kier alpha value is -3.33. The molecule has 0 aliphatic carbocycles. The summed E-state index contributed by atoms with van der Waals surface area (Å²) in [6.07, 6.45) is 3.46. The van der Waals surface area contributed by atoms with E-state index >= 15 is 0 Å². The number of likely N-dealkylation sites (tertiary alicyclic amines) is 1. The summed E-state index contributed by atoms with van der Waals surface area (Å²) < 4.78 is 0. The number of anilines is 2. The quantitative estimate of drug-likeness (QED) is 0.519. The van der Waals surface area contributed by atoms with Gasteiger partial charge in [0.25, 0.3) is 5.69 Å². The number of nitro groups is 1. The van der Waals surface area contributed by atoms with Crippen LogP contribution in [0.5, 0.6) is 0 Å². The molecule has 1 aromatic heterocycles. The highest BCUT2D eigenvalue weighted by Gasteiger charge is 2.25. The van der Waals surface area contributed by atoms with Gasteiger partial charge in [0.05, 0.1) is 16.2 Å². The first-order chi connectivity index (χ1) is 14.8. The second-order valence-electron chi connectivity index (χ2n) is 7.83. The number of piperidine rings is 1. The molecule has 0 unspecified atom stereocenters. The smallest absolute Gasteiger partial charge is 0.274 e. The lowest BCUT2D eigenvalue weighted by Gasteiger charge is -2.31. The van der Waals surface area contributed by atoms with Crippen LogP contribution in [-0.4, -0.2) is 46.3 Å². The number of nitrogens with one attached hydrogen (secondary N) is 2. The lowest BCUT2D eigenvalue weighted by atomic mass is 9.96. The van der Waals surface area contributed by atoms with E-state index < -0.39 is 4.92 Å². The van der Waals surface area contributed by atoms with Crippen LogP contribution in [0.2, 0.25) is 0 Å². The molecule has 0 radical (unpaired) electrons. The summed E-state index contributed by atoms with van der Waals surface area (Å²) in [6, 6.07) is 8.34. The molecule has 1 aliphatic heterocycles. The highest BCUT2D eigenvalue weighted by Crippen LogP contribution is 2.25. The Morgan fingerprint density at radius 1 is 1.16 bits per heavy atom. The van der Waals surface area contributed by atoms with Gasteiger partial charge < -0.3 is 15.5 Å². The first-order valence-electron chi connectivity index (χ1n) is 10.3. The first kappa shape index (κ1) is 22.4. The van der Waals surface area contributed by atoms with Crippen molar-refractivity contribution in [3.05, 3.63) is 57.8 Å². The predicted octanol–water partition coefficient (Wildman–Crippen LogP) is 3.29. The van der Waals surface area contributed by atoms with Crippen molar-refractivity contribution in [2.45, 2.75) is 33.1 Å². The SMILES string of the molecule is Cc1ccc(NC(=O)C2CCN(CCC(=O)Nc3cccc([N+](=O)[O-])c3C)CC2)nc1. The average Bonchev–Trinajstić information content (AvgIpc) is 2.75. The van der Waals surface area contributed by atoms with Gasteiger partial charge >= 0.3 is 0 Å². The Labute approximate surface area is 181 Å². The maximum Gasteiger partial charge on any atom is 0.274 e. The molecule has 31 heavy (non-hydrogen) atoms. The van der Waals surface area contributed by atoms with Crippen LogP contribution < -0.4 is 10.6 Å². The Kier molecular flexibility index (Phi) is 7.30. The van der Waals surface area contributed by atoms with E-state index in [2.05, 4.69) is 20.5 Å². The molecule has 1 fully saturated rings. The van der Waals surface area contributed by atoms with Gasteiger partial charge in [-0.3, -0.25) is 19.7 Å². The van der Waals surface area contributed by atoms with Gasteiger partial charge in [-0.25, -0.2) is 4.98 Å². The lowest BCUT2D eigenvalue weighted by molar-refractivity contribution is -0.385. The van der Waals surface area contributed by atoms with Gasteiger partial charge in [0, 0.05) is 31.1 Å². The summed E-state index contributed by atoms with van der Waals surface area (Å²) in [5, 5.41) is 16.7. The number of carbonyl (C=O) groups excluding carboxylic acids is 2. The Balaban J connectivity index is 1.42. The maximum atomic E-state index is 12.5. The minimum Gasteiger partial charge on any atom is -0.326 e. The van der Waals surface area contributed by atoms with Crippen molar-refractivity contribution >= 4 is 29.0 Å². The van der Waals surface area contributed by atoms with Crippen LogP contribution >= 0.6 is 0 Å². The Bertz CT molecular complexity index is 953. The number of nitro benzene ring substituents is 1. The molecule has 1 aliphatic rings. The predicted molar refractivity (Wildman–Crippen MR) is 118 cm³/mol. The molecular weight excluding hydrogens is 398 g/mol. The molecule has 164 valence electrons. The van der Waals surface area contributed by atoms with Gasteiger partial charge in [-0.2, -0.15) is 0 Å². The highest BCUT2D eigenvalue weighted by atomic mass is 16.6. The summed E-state index contributed by atoms with van der Waals surface area (Å²) in [5.41, 5.74) is 1.92. The molecule has 1 saturated heterocycles. The second-order valence-corrected chi connectivity index (χ2v) is 7.83. The Morgan fingerprint density at radius 3 is 2.55 bits per heavy atom. The molecule has 0 atom stereocenters. The lowest BCUT2D eigenvalue weighted by Crippen LogP contribution is -2.39. The number of carbonyl (C=O) groups is 2. The van der Waals surface area contributed by atoms with Crippen LogP contribution in [-0.2, 0) is 9.59 Å². The molecule has 3 rings (SSSR count). The van der Waals surface area contributed by atoms with Gasteiger partial charge in [-0.1, -0.05) is 12.1 Å². The zero-order valence-corrected chi connectivity index (χ0v) is 17.8. The van der Waals surface area contributed by atoms with Crippen molar-refractivity contribution in [1.29, 1.82) is 0 Å². The molecule has 2 aromatic rings. The summed E-state index contributed by atoms with van der Waals surface area (Å²) in [4.78, 5) is 41.7. The van der Waals surface area contributed by atoms with Crippen LogP contribution in [0.3, 0.4) is 0 Å². The van der Waals surface area contributed by atoms with E-state index in [4.69, 9.17) is 0 Å². The van der Waals surface area contributed by atoms with Crippen molar-refractivity contribution in [1.82, 2.24) is 9.88 Å². The zero-order valence-electron chi connectivity index (χ0n) is 17.8.